The Morgan fingerprint density at radius 1 is 1.29 bits per heavy atom. The van der Waals surface area contributed by atoms with Crippen LogP contribution >= 0.6 is 0 Å². The number of rotatable bonds is 6. The Morgan fingerprint density at radius 2 is 2.06 bits per heavy atom. The molecule has 0 aromatic carbocycles. The average molecular weight is 234 g/mol. The lowest BCUT2D eigenvalue weighted by Crippen LogP contribution is -2.11. The van der Waals surface area contributed by atoms with Gasteiger partial charge in [-0.15, -0.1) is 0 Å². The fourth-order valence-corrected chi connectivity index (χ4v) is 2.29. The molecule has 0 spiro atoms. The number of anilines is 2. The van der Waals surface area contributed by atoms with Crippen LogP contribution < -0.4 is 10.6 Å². The highest BCUT2D eigenvalue weighted by molar-refractivity contribution is 5.58. The topological polar surface area (TPSA) is 49.8 Å². The van der Waals surface area contributed by atoms with Crippen LogP contribution in [0.1, 0.15) is 38.7 Å². The van der Waals surface area contributed by atoms with Crippen LogP contribution in [-0.4, -0.2) is 23.1 Å². The molecule has 0 aliphatic heterocycles. The van der Waals surface area contributed by atoms with Crippen LogP contribution in [0.4, 0.5) is 11.6 Å². The minimum atomic E-state index is 0.621. The summed E-state index contributed by atoms with van der Waals surface area (Å²) in [7, 11) is 1.91. The molecular weight excluding hydrogens is 212 g/mol. The fraction of sp³-hybridized carbons (Fsp3) is 0.692. The van der Waals surface area contributed by atoms with Gasteiger partial charge in [-0.05, 0) is 18.8 Å². The second-order valence-electron chi connectivity index (χ2n) is 4.70. The molecule has 0 saturated heterocycles. The van der Waals surface area contributed by atoms with E-state index in [0.29, 0.717) is 6.04 Å². The molecule has 17 heavy (non-hydrogen) atoms. The predicted octanol–water partition coefficient (Wildman–Crippen LogP) is 2.68. The van der Waals surface area contributed by atoms with E-state index >= 15 is 0 Å². The summed E-state index contributed by atoms with van der Waals surface area (Å²) in [5.41, 5.74) is 1.22. The van der Waals surface area contributed by atoms with Gasteiger partial charge >= 0.3 is 0 Å². The predicted molar refractivity (Wildman–Crippen MR) is 71.4 cm³/mol. The van der Waals surface area contributed by atoms with E-state index in [1.165, 1.54) is 18.4 Å². The van der Waals surface area contributed by atoms with Gasteiger partial charge < -0.3 is 10.6 Å². The van der Waals surface area contributed by atoms with Crippen LogP contribution in [0.3, 0.4) is 0 Å². The fourth-order valence-electron chi connectivity index (χ4n) is 2.29. The van der Waals surface area contributed by atoms with Gasteiger partial charge in [-0.2, -0.15) is 0 Å². The highest BCUT2D eigenvalue weighted by atomic mass is 15.1. The Labute approximate surface area is 103 Å². The normalized spacial score (nSPS) is 22.3. The number of nitrogens with one attached hydrogen (secondary N) is 2. The van der Waals surface area contributed by atoms with Gasteiger partial charge in [0, 0.05) is 18.7 Å². The molecule has 2 rings (SSSR count). The first-order valence-electron chi connectivity index (χ1n) is 6.58. The second kappa shape index (κ2) is 5.34. The van der Waals surface area contributed by atoms with Gasteiger partial charge in [0.15, 0.2) is 0 Å². The van der Waals surface area contributed by atoms with E-state index in [0.717, 1.165) is 30.4 Å². The molecular formula is C13H22N4. The first-order chi connectivity index (χ1) is 8.30. The lowest BCUT2D eigenvalue weighted by molar-refractivity contribution is 0.771. The van der Waals surface area contributed by atoms with E-state index in [9.17, 15) is 0 Å². The largest absolute Gasteiger partial charge is 0.373 e. The van der Waals surface area contributed by atoms with Gasteiger partial charge in [0.1, 0.15) is 18.0 Å². The van der Waals surface area contributed by atoms with Gasteiger partial charge in [0.2, 0.25) is 0 Å². The monoisotopic (exact) mass is 234 g/mol. The summed E-state index contributed by atoms with van der Waals surface area (Å²) in [4.78, 5) is 8.67. The van der Waals surface area contributed by atoms with Crippen molar-refractivity contribution in [3.05, 3.63) is 11.9 Å². The highest BCUT2D eigenvalue weighted by Gasteiger charge is 2.35. The SMILES string of the molecule is CCCc1c(NC)ncnc1NC1CC1CC. The van der Waals surface area contributed by atoms with Crippen molar-refractivity contribution in [1.29, 1.82) is 0 Å². The summed E-state index contributed by atoms with van der Waals surface area (Å²) in [6.07, 6.45) is 6.30. The molecule has 1 aliphatic rings. The molecule has 1 saturated carbocycles. The van der Waals surface area contributed by atoms with E-state index in [1.54, 1.807) is 6.33 Å². The molecule has 94 valence electrons. The molecule has 2 atom stereocenters. The maximum atomic E-state index is 4.39. The van der Waals surface area contributed by atoms with E-state index in [4.69, 9.17) is 0 Å². The number of hydrogen-bond acceptors (Lipinski definition) is 4. The van der Waals surface area contributed by atoms with Gasteiger partial charge in [0.05, 0.1) is 0 Å². The Balaban J connectivity index is 2.14. The minimum absolute atomic E-state index is 0.621. The van der Waals surface area contributed by atoms with E-state index in [2.05, 4.69) is 34.4 Å². The first kappa shape index (κ1) is 12.1. The smallest absolute Gasteiger partial charge is 0.134 e. The molecule has 2 unspecified atom stereocenters. The maximum Gasteiger partial charge on any atom is 0.134 e. The molecule has 0 amide bonds. The molecule has 2 N–H and O–H groups in total. The number of hydrogen-bond donors (Lipinski definition) is 2. The molecule has 1 heterocycles. The van der Waals surface area contributed by atoms with E-state index in [-0.39, 0.29) is 0 Å². The lowest BCUT2D eigenvalue weighted by atomic mass is 10.1. The van der Waals surface area contributed by atoms with Crippen molar-refractivity contribution >= 4 is 11.6 Å². The maximum absolute atomic E-state index is 4.39. The molecule has 0 bridgehead atoms. The zero-order valence-electron chi connectivity index (χ0n) is 11.0. The van der Waals surface area contributed by atoms with Crippen molar-refractivity contribution in [3.8, 4) is 0 Å². The van der Waals surface area contributed by atoms with Gasteiger partial charge in [-0.25, -0.2) is 9.97 Å². The molecule has 1 fully saturated rings. The van der Waals surface area contributed by atoms with Crippen molar-refractivity contribution in [2.75, 3.05) is 17.7 Å². The second-order valence-corrected chi connectivity index (χ2v) is 4.70. The van der Waals surface area contributed by atoms with Crippen LogP contribution in [-0.2, 0) is 6.42 Å². The van der Waals surface area contributed by atoms with Gasteiger partial charge in [-0.3, -0.25) is 0 Å². The van der Waals surface area contributed by atoms with Gasteiger partial charge in [0.25, 0.3) is 0 Å². The highest BCUT2D eigenvalue weighted by Crippen LogP contribution is 2.36. The Morgan fingerprint density at radius 3 is 2.65 bits per heavy atom. The Bertz CT molecular complexity index is 378. The number of nitrogens with zero attached hydrogens (tertiary/aromatic N) is 2. The molecule has 1 aliphatic carbocycles. The molecule has 4 nitrogen and oxygen atoms in total. The average Bonchev–Trinajstić information content (AvgIpc) is 3.10. The summed E-state index contributed by atoms with van der Waals surface area (Å²) in [6.45, 7) is 4.43. The zero-order chi connectivity index (χ0) is 12.3. The van der Waals surface area contributed by atoms with Crippen molar-refractivity contribution in [2.24, 2.45) is 5.92 Å². The minimum Gasteiger partial charge on any atom is -0.373 e. The van der Waals surface area contributed by atoms with Crippen LogP contribution in [0.15, 0.2) is 6.33 Å². The summed E-state index contributed by atoms with van der Waals surface area (Å²) >= 11 is 0. The summed E-state index contributed by atoms with van der Waals surface area (Å²) in [5.74, 6) is 2.81. The Hall–Kier alpha value is -1.32. The third kappa shape index (κ3) is 2.68. The Kier molecular flexibility index (Phi) is 3.82. The van der Waals surface area contributed by atoms with Crippen LogP contribution in [0.5, 0.6) is 0 Å². The summed E-state index contributed by atoms with van der Waals surface area (Å²) in [6, 6.07) is 0.621. The third-order valence-corrected chi connectivity index (χ3v) is 3.45. The van der Waals surface area contributed by atoms with Crippen molar-refractivity contribution in [1.82, 2.24) is 9.97 Å². The van der Waals surface area contributed by atoms with Crippen LogP contribution in [0, 0.1) is 5.92 Å². The van der Waals surface area contributed by atoms with E-state index in [1.807, 2.05) is 7.05 Å². The summed E-state index contributed by atoms with van der Waals surface area (Å²) < 4.78 is 0. The van der Waals surface area contributed by atoms with Gasteiger partial charge in [-0.1, -0.05) is 26.7 Å². The quantitative estimate of drug-likeness (QED) is 0.794. The van der Waals surface area contributed by atoms with Crippen molar-refractivity contribution < 1.29 is 0 Å². The molecule has 1 aromatic rings. The number of aromatic nitrogens is 2. The van der Waals surface area contributed by atoms with Crippen molar-refractivity contribution in [2.45, 2.75) is 45.6 Å². The zero-order valence-corrected chi connectivity index (χ0v) is 11.0. The lowest BCUT2D eigenvalue weighted by Gasteiger charge is -2.13. The molecule has 1 aromatic heterocycles. The van der Waals surface area contributed by atoms with Crippen LogP contribution in [0.2, 0.25) is 0 Å². The first-order valence-corrected chi connectivity index (χ1v) is 6.58. The molecule has 4 heteroatoms. The van der Waals surface area contributed by atoms with E-state index < -0.39 is 0 Å². The summed E-state index contributed by atoms with van der Waals surface area (Å²) in [5, 5.41) is 6.70. The standard InChI is InChI=1S/C13H22N4/c1-4-6-10-12(14-3)15-8-16-13(10)17-11-7-9(11)5-2/h8-9,11H,4-7H2,1-3H3,(H2,14,15,16,17). The molecule has 0 radical (unpaired) electrons. The van der Waals surface area contributed by atoms with Crippen molar-refractivity contribution in [3.63, 3.8) is 0 Å². The van der Waals surface area contributed by atoms with Crippen LogP contribution in [0.25, 0.3) is 0 Å². The third-order valence-electron chi connectivity index (χ3n) is 3.45.